The summed E-state index contributed by atoms with van der Waals surface area (Å²) in [6.45, 7) is 12.0. The molecule has 0 aliphatic rings. The largest absolute Gasteiger partial charge is 0.353 e. The zero-order chi connectivity index (χ0) is 18.8. The molecule has 5 nitrogen and oxygen atoms in total. The summed E-state index contributed by atoms with van der Waals surface area (Å²) in [6.07, 6.45) is 0.884. The van der Waals surface area contributed by atoms with Gasteiger partial charge in [-0.15, -0.1) is 0 Å². The van der Waals surface area contributed by atoms with E-state index in [0.29, 0.717) is 6.54 Å². The van der Waals surface area contributed by atoms with E-state index >= 15 is 0 Å². The second-order valence-electron chi connectivity index (χ2n) is 6.73. The summed E-state index contributed by atoms with van der Waals surface area (Å²) < 4.78 is 0. The number of likely N-dealkylation sites (N-methyl/N-ethyl adjacent to an activating group) is 1. The van der Waals surface area contributed by atoms with Crippen molar-refractivity contribution in [3.8, 4) is 0 Å². The molecule has 1 rings (SSSR count). The Labute approximate surface area is 152 Å². The Bertz CT molecular complexity index is 527. The Kier molecular flexibility index (Phi) is 9.21. The van der Waals surface area contributed by atoms with E-state index in [1.807, 2.05) is 32.0 Å². The topological polar surface area (TPSA) is 61.4 Å². The van der Waals surface area contributed by atoms with Gasteiger partial charge in [0.15, 0.2) is 0 Å². The van der Waals surface area contributed by atoms with Crippen LogP contribution in [-0.4, -0.2) is 48.4 Å². The van der Waals surface area contributed by atoms with Gasteiger partial charge in [-0.3, -0.25) is 14.5 Å². The predicted octanol–water partition coefficient (Wildman–Crippen LogP) is 2.22. The molecule has 0 aliphatic heterocycles. The van der Waals surface area contributed by atoms with Crippen LogP contribution in [0.25, 0.3) is 0 Å². The van der Waals surface area contributed by atoms with Crippen LogP contribution in [0, 0.1) is 5.92 Å². The van der Waals surface area contributed by atoms with Gasteiger partial charge in [-0.05, 0) is 31.0 Å². The molecule has 2 atom stereocenters. The van der Waals surface area contributed by atoms with E-state index in [2.05, 4.69) is 41.5 Å². The molecule has 0 bridgehead atoms. The second-order valence-corrected chi connectivity index (χ2v) is 6.73. The van der Waals surface area contributed by atoms with Crippen LogP contribution in [0.3, 0.4) is 0 Å². The van der Waals surface area contributed by atoms with E-state index in [0.717, 1.165) is 19.5 Å². The van der Waals surface area contributed by atoms with E-state index in [9.17, 15) is 9.59 Å². The minimum atomic E-state index is -0.494. The van der Waals surface area contributed by atoms with Crippen LogP contribution < -0.4 is 10.6 Å². The maximum atomic E-state index is 12.5. The number of rotatable bonds is 10. The predicted molar refractivity (Wildman–Crippen MR) is 102 cm³/mol. The molecule has 5 heteroatoms. The lowest BCUT2D eigenvalue weighted by Crippen LogP contribution is -2.52. The highest BCUT2D eigenvalue weighted by molar-refractivity contribution is 5.87. The van der Waals surface area contributed by atoms with Gasteiger partial charge in [0.25, 0.3) is 0 Å². The quantitative estimate of drug-likeness (QED) is 0.682. The first-order valence-electron chi connectivity index (χ1n) is 9.21. The molecule has 0 radical (unpaired) electrons. The van der Waals surface area contributed by atoms with Crippen LogP contribution in [0.1, 0.15) is 40.2 Å². The maximum absolute atomic E-state index is 12.5. The summed E-state index contributed by atoms with van der Waals surface area (Å²) in [7, 11) is 0. The van der Waals surface area contributed by atoms with E-state index in [-0.39, 0.29) is 23.8 Å². The van der Waals surface area contributed by atoms with Gasteiger partial charge in [-0.1, -0.05) is 58.0 Å². The molecular formula is C20H33N3O2. The molecule has 2 amide bonds. The first-order valence-corrected chi connectivity index (χ1v) is 9.21. The number of nitrogens with one attached hydrogen (secondary N) is 2. The molecule has 140 valence electrons. The van der Waals surface area contributed by atoms with Crippen LogP contribution in [0.15, 0.2) is 30.3 Å². The minimum absolute atomic E-state index is 0.0462. The lowest BCUT2D eigenvalue weighted by molar-refractivity contribution is -0.129. The summed E-state index contributed by atoms with van der Waals surface area (Å²) >= 11 is 0. The SMILES string of the molecule is CCN(CC)C(CNC(=O)C(NC(C)=O)C(C)C)Cc1ccccc1. The molecule has 25 heavy (non-hydrogen) atoms. The van der Waals surface area contributed by atoms with Gasteiger partial charge < -0.3 is 10.6 Å². The fraction of sp³-hybridized carbons (Fsp3) is 0.600. The third-order valence-corrected chi connectivity index (χ3v) is 4.46. The number of hydrogen-bond donors (Lipinski definition) is 2. The summed E-state index contributed by atoms with van der Waals surface area (Å²) in [5, 5.41) is 5.79. The molecule has 1 aromatic rings. The Morgan fingerprint density at radius 3 is 2.16 bits per heavy atom. The smallest absolute Gasteiger partial charge is 0.242 e. The third kappa shape index (κ3) is 7.26. The van der Waals surface area contributed by atoms with E-state index in [1.54, 1.807) is 0 Å². The second kappa shape index (κ2) is 10.9. The zero-order valence-electron chi connectivity index (χ0n) is 16.2. The Balaban J connectivity index is 2.76. The maximum Gasteiger partial charge on any atom is 0.242 e. The van der Waals surface area contributed by atoms with Crippen molar-refractivity contribution in [1.29, 1.82) is 0 Å². The van der Waals surface area contributed by atoms with Crippen molar-refractivity contribution in [2.45, 2.75) is 53.1 Å². The zero-order valence-corrected chi connectivity index (χ0v) is 16.2. The molecule has 0 aliphatic carbocycles. The Morgan fingerprint density at radius 1 is 1.08 bits per heavy atom. The lowest BCUT2D eigenvalue weighted by Gasteiger charge is -2.31. The average Bonchev–Trinajstić information content (AvgIpc) is 2.58. The van der Waals surface area contributed by atoms with Crippen molar-refractivity contribution >= 4 is 11.8 Å². The highest BCUT2D eigenvalue weighted by atomic mass is 16.2. The standard InChI is InChI=1S/C20H33N3O2/c1-6-23(7-2)18(13-17-11-9-8-10-12-17)14-21-20(25)19(15(3)4)22-16(5)24/h8-12,15,18-19H,6-7,13-14H2,1-5H3,(H,21,25)(H,22,24). The number of nitrogens with zero attached hydrogens (tertiary/aromatic N) is 1. The molecule has 1 aromatic carbocycles. The Hall–Kier alpha value is -1.88. The van der Waals surface area contributed by atoms with Gasteiger partial charge in [0.1, 0.15) is 6.04 Å². The molecule has 2 unspecified atom stereocenters. The first-order chi connectivity index (χ1) is 11.9. The van der Waals surface area contributed by atoms with Gasteiger partial charge in [-0.25, -0.2) is 0 Å². The summed E-state index contributed by atoms with van der Waals surface area (Å²) in [6, 6.07) is 10.1. The van der Waals surface area contributed by atoms with Gasteiger partial charge in [0, 0.05) is 19.5 Å². The number of benzene rings is 1. The van der Waals surface area contributed by atoms with Crippen molar-refractivity contribution < 1.29 is 9.59 Å². The number of carbonyl (C=O) groups is 2. The van der Waals surface area contributed by atoms with Crippen LogP contribution >= 0.6 is 0 Å². The number of carbonyl (C=O) groups excluding carboxylic acids is 2. The molecule has 0 saturated carbocycles. The van der Waals surface area contributed by atoms with E-state index < -0.39 is 6.04 Å². The van der Waals surface area contributed by atoms with Gasteiger partial charge in [0.2, 0.25) is 11.8 Å². The number of hydrogen-bond acceptors (Lipinski definition) is 3. The fourth-order valence-corrected chi connectivity index (χ4v) is 3.04. The molecule has 0 heterocycles. The van der Waals surface area contributed by atoms with Gasteiger partial charge in [-0.2, -0.15) is 0 Å². The van der Waals surface area contributed by atoms with Crippen molar-refractivity contribution in [3.63, 3.8) is 0 Å². The monoisotopic (exact) mass is 347 g/mol. The van der Waals surface area contributed by atoms with Crippen LogP contribution in [0.4, 0.5) is 0 Å². The molecular weight excluding hydrogens is 314 g/mol. The van der Waals surface area contributed by atoms with Crippen LogP contribution in [-0.2, 0) is 16.0 Å². The van der Waals surface area contributed by atoms with Crippen molar-refractivity contribution in [2.24, 2.45) is 5.92 Å². The molecule has 2 N–H and O–H groups in total. The summed E-state index contributed by atoms with van der Waals surface area (Å²) in [5.74, 6) is -0.251. The normalized spacial score (nSPS) is 13.6. The average molecular weight is 348 g/mol. The first kappa shape index (κ1) is 21.2. The minimum Gasteiger partial charge on any atom is -0.353 e. The Morgan fingerprint density at radius 2 is 1.68 bits per heavy atom. The van der Waals surface area contributed by atoms with E-state index in [1.165, 1.54) is 12.5 Å². The highest BCUT2D eigenvalue weighted by Gasteiger charge is 2.24. The summed E-state index contributed by atoms with van der Waals surface area (Å²) in [5.41, 5.74) is 1.26. The molecule has 0 saturated heterocycles. The van der Waals surface area contributed by atoms with Crippen LogP contribution in [0.5, 0.6) is 0 Å². The van der Waals surface area contributed by atoms with Gasteiger partial charge in [0.05, 0.1) is 0 Å². The van der Waals surface area contributed by atoms with Crippen molar-refractivity contribution in [2.75, 3.05) is 19.6 Å². The lowest BCUT2D eigenvalue weighted by atomic mass is 10.0. The van der Waals surface area contributed by atoms with E-state index in [4.69, 9.17) is 0 Å². The van der Waals surface area contributed by atoms with Crippen LogP contribution in [0.2, 0.25) is 0 Å². The van der Waals surface area contributed by atoms with Crippen molar-refractivity contribution in [1.82, 2.24) is 15.5 Å². The van der Waals surface area contributed by atoms with Crippen molar-refractivity contribution in [3.05, 3.63) is 35.9 Å². The van der Waals surface area contributed by atoms with Gasteiger partial charge >= 0.3 is 0 Å². The summed E-state index contributed by atoms with van der Waals surface area (Å²) in [4.78, 5) is 26.2. The molecule has 0 spiro atoms. The fourth-order valence-electron chi connectivity index (χ4n) is 3.04. The molecule has 0 aromatic heterocycles. The number of amides is 2. The third-order valence-electron chi connectivity index (χ3n) is 4.46. The highest BCUT2D eigenvalue weighted by Crippen LogP contribution is 2.09. The molecule has 0 fully saturated rings.